The number of hydrogen-bond donors (Lipinski definition) is 2. The molecule has 1 saturated carbocycles. The number of likely N-dealkylation sites (N-methyl/N-ethyl adjacent to an activating group) is 1. The maximum Gasteiger partial charge on any atom is 0.120 e. The van der Waals surface area contributed by atoms with Gasteiger partial charge in [0, 0.05) is 36.4 Å². The zero-order chi connectivity index (χ0) is 14.5. The molecule has 1 aromatic rings. The van der Waals surface area contributed by atoms with Gasteiger partial charge in [-0.2, -0.15) is 0 Å². The highest BCUT2D eigenvalue weighted by Gasteiger charge is 2.27. The predicted octanol–water partition coefficient (Wildman–Crippen LogP) is 2.23. The highest BCUT2D eigenvalue weighted by atomic mass is 32.1. The van der Waals surface area contributed by atoms with Crippen LogP contribution in [0.4, 0.5) is 5.69 Å². The third-order valence-corrected chi connectivity index (χ3v) is 3.90. The maximum absolute atomic E-state index is 5.76. The van der Waals surface area contributed by atoms with E-state index in [1.54, 1.807) is 7.11 Å². The lowest BCUT2D eigenvalue weighted by Gasteiger charge is -2.21. The first kappa shape index (κ1) is 15.1. The summed E-state index contributed by atoms with van der Waals surface area (Å²) < 4.78 is 5.25. The molecule has 0 aliphatic heterocycles. The van der Waals surface area contributed by atoms with Gasteiger partial charge in [-0.05, 0) is 31.5 Å². The van der Waals surface area contributed by atoms with E-state index < -0.39 is 0 Å². The summed E-state index contributed by atoms with van der Waals surface area (Å²) in [7, 11) is 1.66. The van der Waals surface area contributed by atoms with Crippen LogP contribution in [0.15, 0.2) is 18.2 Å². The van der Waals surface area contributed by atoms with E-state index in [2.05, 4.69) is 17.1 Å². The lowest BCUT2D eigenvalue weighted by atomic mass is 10.1. The fourth-order valence-electron chi connectivity index (χ4n) is 2.38. The van der Waals surface area contributed by atoms with Gasteiger partial charge < -0.3 is 15.8 Å². The van der Waals surface area contributed by atoms with Crippen molar-refractivity contribution in [2.45, 2.75) is 25.8 Å². The zero-order valence-electron chi connectivity index (χ0n) is 12.2. The van der Waals surface area contributed by atoms with Crippen LogP contribution in [0.25, 0.3) is 0 Å². The first-order chi connectivity index (χ1) is 9.65. The van der Waals surface area contributed by atoms with Crippen LogP contribution in [0, 0.1) is 0 Å². The second-order valence-corrected chi connectivity index (χ2v) is 5.50. The van der Waals surface area contributed by atoms with Crippen LogP contribution in [0.2, 0.25) is 0 Å². The maximum atomic E-state index is 5.76. The Hall–Kier alpha value is -1.33. The summed E-state index contributed by atoms with van der Waals surface area (Å²) in [6, 6.07) is 6.52. The van der Waals surface area contributed by atoms with Crippen molar-refractivity contribution in [1.82, 2.24) is 4.90 Å². The number of nitrogens with one attached hydrogen (secondary N) is 1. The lowest BCUT2D eigenvalue weighted by molar-refractivity contribution is 0.289. The van der Waals surface area contributed by atoms with Crippen LogP contribution in [0.3, 0.4) is 0 Å². The number of rotatable bonds is 8. The second-order valence-electron chi connectivity index (χ2n) is 5.06. The Morgan fingerprint density at radius 2 is 2.25 bits per heavy atom. The van der Waals surface area contributed by atoms with Gasteiger partial charge in [0.15, 0.2) is 0 Å². The van der Waals surface area contributed by atoms with Gasteiger partial charge in [-0.3, -0.25) is 4.90 Å². The molecule has 0 unspecified atom stereocenters. The Morgan fingerprint density at radius 3 is 2.80 bits per heavy atom. The fourth-order valence-corrected chi connectivity index (χ4v) is 2.56. The van der Waals surface area contributed by atoms with Crippen LogP contribution < -0.4 is 15.8 Å². The number of benzene rings is 1. The molecule has 0 saturated heterocycles. The zero-order valence-corrected chi connectivity index (χ0v) is 13.0. The Balaban J connectivity index is 1.97. The van der Waals surface area contributed by atoms with E-state index in [-0.39, 0.29) is 0 Å². The normalized spacial score (nSPS) is 14.3. The van der Waals surface area contributed by atoms with Crippen LogP contribution in [0.5, 0.6) is 5.75 Å². The SMILES string of the molecule is CCN(CCNc1cc(OC)ccc1C(N)=S)C1CC1. The van der Waals surface area contributed by atoms with Crippen molar-refractivity contribution in [3.63, 3.8) is 0 Å². The average Bonchev–Trinajstić information content (AvgIpc) is 3.27. The molecule has 1 aliphatic rings. The van der Waals surface area contributed by atoms with E-state index in [9.17, 15) is 0 Å². The Bertz CT molecular complexity index is 474. The minimum Gasteiger partial charge on any atom is -0.497 e. The molecule has 0 radical (unpaired) electrons. The third kappa shape index (κ3) is 3.84. The first-order valence-electron chi connectivity index (χ1n) is 7.11. The molecule has 5 heteroatoms. The van der Waals surface area contributed by atoms with Gasteiger partial charge in [-0.15, -0.1) is 0 Å². The molecule has 0 spiro atoms. The van der Waals surface area contributed by atoms with E-state index >= 15 is 0 Å². The predicted molar refractivity (Wildman–Crippen MR) is 87.6 cm³/mol. The molecule has 0 aromatic heterocycles. The van der Waals surface area contributed by atoms with Crippen LogP contribution in [0.1, 0.15) is 25.3 Å². The van der Waals surface area contributed by atoms with E-state index in [0.29, 0.717) is 4.99 Å². The molecule has 3 N–H and O–H groups in total. The molecule has 0 bridgehead atoms. The van der Waals surface area contributed by atoms with Crippen LogP contribution >= 0.6 is 12.2 Å². The number of methoxy groups -OCH3 is 1. The van der Waals surface area contributed by atoms with Gasteiger partial charge in [-0.1, -0.05) is 19.1 Å². The highest BCUT2D eigenvalue weighted by molar-refractivity contribution is 7.80. The molecule has 4 nitrogen and oxygen atoms in total. The summed E-state index contributed by atoms with van der Waals surface area (Å²) in [5.74, 6) is 0.807. The van der Waals surface area contributed by atoms with Crippen LogP contribution in [-0.4, -0.2) is 42.7 Å². The molecule has 1 aliphatic carbocycles. The monoisotopic (exact) mass is 293 g/mol. The molecule has 0 heterocycles. The third-order valence-electron chi connectivity index (χ3n) is 3.68. The Labute approximate surface area is 126 Å². The van der Waals surface area contributed by atoms with Gasteiger partial charge in [-0.25, -0.2) is 0 Å². The number of thiocarbonyl (C=S) groups is 1. The van der Waals surface area contributed by atoms with Crippen molar-refractivity contribution in [3.8, 4) is 5.75 Å². The summed E-state index contributed by atoms with van der Waals surface area (Å²) in [6.45, 7) is 5.24. The number of nitrogens with two attached hydrogens (primary N) is 1. The van der Waals surface area contributed by atoms with Gasteiger partial charge in [0.1, 0.15) is 10.7 Å². The topological polar surface area (TPSA) is 50.5 Å². The fraction of sp³-hybridized carbons (Fsp3) is 0.533. The molecule has 1 fully saturated rings. The molecule has 1 aromatic carbocycles. The van der Waals surface area contributed by atoms with E-state index in [0.717, 1.165) is 42.7 Å². The van der Waals surface area contributed by atoms with E-state index in [4.69, 9.17) is 22.7 Å². The minimum absolute atomic E-state index is 0.407. The smallest absolute Gasteiger partial charge is 0.120 e. The summed E-state index contributed by atoms with van der Waals surface area (Å²) in [4.78, 5) is 2.91. The summed E-state index contributed by atoms with van der Waals surface area (Å²) in [6.07, 6.45) is 2.68. The van der Waals surface area contributed by atoms with Gasteiger partial charge >= 0.3 is 0 Å². The molecule has 0 atom stereocenters. The number of ether oxygens (including phenoxy) is 1. The molecular formula is C15H23N3OS. The van der Waals surface area contributed by atoms with Crippen molar-refractivity contribution < 1.29 is 4.74 Å². The largest absolute Gasteiger partial charge is 0.497 e. The molecule has 110 valence electrons. The van der Waals surface area contributed by atoms with Crippen molar-refractivity contribution in [3.05, 3.63) is 23.8 Å². The number of hydrogen-bond acceptors (Lipinski definition) is 4. The summed E-state index contributed by atoms with van der Waals surface area (Å²) in [5.41, 5.74) is 7.58. The summed E-state index contributed by atoms with van der Waals surface area (Å²) in [5, 5.41) is 3.43. The molecule has 2 rings (SSSR count). The molecule has 20 heavy (non-hydrogen) atoms. The van der Waals surface area contributed by atoms with Crippen molar-refractivity contribution in [2.75, 3.05) is 32.1 Å². The Kier molecular flexibility index (Phi) is 5.20. The lowest BCUT2D eigenvalue weighted by Crippen LogP contribution is -2.31. The number of nitrogens with zero attached hydrogens (tertiary/aromatic N) is 1. The summed E-state index contributed by atoms with van der Waals surface area (Å²) >= 11 is 5.09. The Morgan fingerprint density at radius 1 is 1.50 bits per heavy atom. The number of anilines is 1. The second kappa shape index (κ2) is 6.90. The molecular weight excluding hydrogens is 270 g/mol. The van der Waals surface area contributed by atoms with Crippen LogP contribution in [-0.2, 0) is 0 Å². The van der Waals surface area contributed by atoms with Gasteiger partial charge in [0.05, 0.1) is 7.11 Å². The van der Waals surface area contributed by atoms with Gasteiger partial charge in [0.2, 0.25) is 0 Å². The average molecular weight is 293 g/mol. The quantitative estimate of drug-likeness (QED) is 0.720. The van der Waals surface area contributed by atoms with Crippen molar-refractivity contribution in [1.29, 1.82) is 0 Å². The first-order valence-corrected chi connectivity index (χ1v) is 7.52. The standard InChI is InChI=1S/C15H23N3OS/c1-3-18(11-4-5-11)9-8-17-14-10-12(19-2)6-7-13(14)15(16)20/h6-7,10-11,17H,3-5,8-9H2,1-2H3,(H2,16,20). The van der Waals surface area contributed by atoms with Gasteiger partial charge in [0.25, 0.3) is 0 Å². The highest BCUT2D eigenvalue weighted by Crippen LogP contribution is 2.26. The minimum atomic E-state index is 0.407. The molecule has 0 amide bonds. The van der Waals surface area contributed by atoms with E-state index in [1.807, 2.05) is 18.2 Å². The van der Waals surface area contributed by atoms with Crippen molar-refractivity contribution >= 4 is 22.9 Å². The van der Waals surface area contributed by atoms with Crippen molar-refractivity contribution in [2.24, 2.45) is 5.73 Å². The van der Waals surface area contributed by atoms with E-state index in [1.165, 1.54) is 12.8 Å².